The van der Waals surface area contributed by atoms with Crippen LogP contribution in [0.2, 0.25) is 10.0 Å². The summed E-state index contributed by atoms with van der Waals surface area (Å²) in [5.74, 6) is 0. The van der Waals surface area contributed by atoms with Gasteiger partial charge in [0.25, 0.3) is 0 Å². The number of hydrogen-bond acceptors (Lipinski definition) is 0. The molecule has 0 heterocycles. The Hall–Kier alpha value is -1.50. The SMILES string of the molecule is Clc1[c]cccc1-c1c(Cl)ccc2ccccc12. The molecule has 0 aromatic heterocycles. The van der Waals surface area contributed by atoms with E-state index in [9.17, 15) is 0 Å². The second-order valence-corrected chi connectivity index (χ2v) is 4.83. The third-order valence-corrected chi connectivity index (χ3v) is 3.58. The molecule has 0 amide bonds. The molecule has 2 heteroatoms. The molecule has 0 saturated heterocycles. The molecule has 0 spiro atoms. The second kappa shape index (κ2) is 4.64. The first-order valence-corrected chi connectivity index (χ1v) is 6.37. The first-order valence-electron chi connectivity index (χ1n) is 5.61. The van der Waals surface area contributed by atoms with Gasteiger partial charge in [0, 0.05) is 22.2 Å². The molecule has 0 aliphatic carbocycles. The maximum atomic E-state index is 6.34. The number of benzene rings is 3. The molecule has 18 heavy (non-hydrogen) atoms. The van der Waals surface area contributed by atoms with Crippen molar-refractivity contribution in [3.8, 4) is 11.1 Å². The van der Waals surface area contributed by atoms with E-state index in [4.69, 9.17) is 23.2 Å². The molecular weight excluding hydrogens is 263 g/mol. The van der Waals surface area contributed by atoms with Gasteiger partial charge in [0.1, 0.15) is 0 Å². The third-order valence-electron chi connectivity index (χ3n) is 2.95. The van der Waals surface area contributed by atoms with Gasteiger partial charge in [0.2, 0.25) is 0 Å². The lowest BCUT2D eigenvalue weighted by Gasteiger charge is -2.10. The zero-order valence-electron chi connectivity index (χ0n) is 9.45. The standard InChI is InChI=1S/C16H9Cl2/c17-14-8-4-3-7-13(14)16-12-6-2-1-5-11(12)9-10-15(16)18/h1-7,9-10H. The van der Waals surface area contributed by atoms with Crippen LogP contribution in [0.3, 0.4) is 0 Å². The van der Waals surface area contributed by atoms with Crippen molar-refractivity contribution in [3.63, 3.8) is 0 Å². The highest BCUT2D eigenvalue weighted by Gasteiger charge is 2.11. The van der Waals surface area contributed by atoms with Crippen molar-refractivity contribution in [3.05, 3.63) is 70.7 Å². The minimum atomic E-state index is 0.593. The zero-order chi connectivity index (χ0) is 12.5. The van der Waals surface area contributed by atoms with Gasteiger partial charge in [-0.05, 0) is 16.8 Å². The Balaban J connectivity index is 2.42. The zero-order valence-corrected chi connectivity index (χ0v) is 11.0. The van der Waals surface area contributed by atoms with Crippen LogP contribution in [-0.4, -0.2) is 0 Å². The summed E-state index contributed by atoms with van der Waals surface area (Å²) in [6.07, 6.45) is 0. The van der Waals surface area contributed by atoms with Crippen molar-refractivity contribution in [2.45, 2.75) is 0 Å². The van der Waals surface area contributed by atoms with Gasteiger partial charge in [0.05, 0.1) is 5.02 Å². The molecule has 0 N–H and O–H groups in total. The molecule has 3 rings (SSSR count). The lowest BCUT2D eigenvalue weighted by Crippen LogP contribution is -1.84. The fraction of sp³-hybridized carbons (Fsp3) is 0. The summed E-state index contributed by atoms with van der Waals surface area (Å²) in [6.45, 7) is 0. The van der Waals surface area contributed by atoms with Crippen molar-refractivity contribution in [2.24, 2.45) is 0 Å². The van der Waals surface area contributed by atoms with Crippen LogP contribution in [0.4, 0.5) is 0 Å². The van der Waals surface area contributed by atoms with E-state index >= 15 is 0 Å². The normalized spacial score (nSPS) is 10.8. The lowest BCUT2D eigenvalue weighted by atomic mass is 9.98. The van der Waals surface area contributed by atoms with E-state index < -0.39 is 0 Å². The van der Waals surface area contributed by atoms with Gasteiger partial charge >= 0.3 is 0 Å². The number of halogens is 2. The van der Waals surface area contributed by atoms with E-state index in [0.717, 1.165) is 21.9 Å². The molecule has 0 aliphatic rings. The van der Waals surface area contributed by atoms with Crippen LogP contribution in [0.15, 0.2) is 54.6 Å². The molecule has 3 aromatic carbocycles. The maximum absolute atomic E-state index is 6.34. The molecule has 0 atom stereocenters. The Morgan fingerprint density at radius 2 is 1.67 bits per heavy atom. The second-order valence-electron chi connectivity index (χ2n) is 4.04. The maximum Gasteiger partial charge on any atom is 0.0564 e. The Morgan fingerprint density at radius 1 is 0.833 bits per heavy atom. The Labute approximate surface area is 116 Å². The molecule has 1 radical (unpaired) electrons. The quantitative estimate of drug-likeness (QED) is 0.539. The van der Waals surface area contributed by atoms with Gasteiger partial charge in [-0.25, -0.2) is 0 Å². The number of rotatable bonds is 1. The highest BCUT2D eigenvalue weighted by atomic mass is 35.5. The highest BCUT2D eigenvalue weighted by Crippen LogP contribution is 2.38. The predicted octanol–water partition coefficient (Wildman–Crippen LogP) is 5.61. The molecule has 0 aliphatic heterocycles. The van der Waals surface area contributed by atoms with Gasteiger partial charge in [-0.3, -0.25) is 0 Å². The van der Waals surface area contributed by atoms with Gasteiger partial charge in [-0.2, -0.15) is 0 Å². The van der Waals surface area contributed by atoms with Crippen molar-refractivity contribution in [2.75, 3.05) is 0 Å². The largest absolute Gasteiger partial charge is 0.0836 e. The fourth-order valence-electron chi connectivity index (χ4n) is 2.13. The Bertz CT molecular complexity index is 717. The average Bonchev–Trinajstić information content (AvgIpc) is 2.40. The van der Waals surface area contributed by atoms with E-state index in [1.807, 2.05) is 36.4 Å². The van der Waals surface area contributed by atoms with Crippen LogP contribution in [-0.2, 0) is 0 Å². The molecule has 0 bridgehead atoms. The fourth-order valence-corrected chi connectivity index (χ4v) is 2.62. The highest BCUT2D eigenvalue weighted by molar-refractivity contribution is 6.38. The molecule has 0 saturated carbocycles. The van der Waals surface area contributed by atoms with Crippen molar-refractivity contribution in [1.82, 2.24) is 0 Å². The summed E-state index contributed by atoms with van der Waals surface area (Å²) in [7, 11) is 0. The monoisotopic (exact) mass is 271 g/mol. The summed E-state index contributed by atoms with van der Waals surface area (Å²) in [5.41, 5.74) is 1.89. The van der Waals surface area contributed by atoms with Crippen LogP contribution < -0.4 is 0 Å². The summed E-state index contributed by atoms with van der Waals surface area (Å²) in [4.78, 5) is 0. The Kier molecular flexibility index (Phi) is 2.99. The molecular formula is C16H9Cl2. The summed E-state index contributed by atoms with van der Waals surface area (Å²) in [5, 5.41) is 3.55. The average molecular weight is 272 g/mol. The number of hydrogen-bond donors (Lipinski definition) is 0. The number of fused-ring (bicyclic) bond motifs is 1. The van der Waals surface area contributed by atoms with E-state index in [-0.39, 0.29) is 0 Å². The topological polar surface area (TPSA) is 0 Å². The van der Waals surface area contributed by atoms with Crippen LogP contribution >= 0.6 is 23.2 Å². The summed E-state index contributed by atoms with van der Waals surface area (Å²) in [6, 6.07) is 20.7. The van der Waals surface area contributed by atoms with Gasteiger partial charge in [-0.1, -0.05) is 71.7 Å². The minimum Gasteiger partial charge on any atom is -0.0836 e. The van der Waals surface area contributed by atoms with E-state index in [0.29, 0.717) is 10.0 Å². The molecule has 3 aromatic rings. The van der Waals surface area contributed by atoms with E-state index in [1.165, 1.54) is 0 Å². The van der Waals surface area contributed by atoms with Crippen molar-refractivity contribution < 1.29 is 0 Å². The van der Waals surface area contributed by atoms with Crippen LogP contribution in [0.1, 0.15) is 0 Å². The van der Waals surface area contributed by atoms with Gasteiger partial charge in [-0.15, -0.1) is 0 Å². The van der Waals surface area contributed by atoms with Crippen molar-refractivity contribution in [1.29, 1.82) is 0 Å². The first kappa shape index (κ1) is 11.6. The third kappa shape index (κ3) is 1.88. The van der Waals surface area contributed by atoms with Crippen LogP contribution in [0, 0.1) is 6.07 Å². The summed E-state index contributed by atoms with van der Waals surface area (Å²) < 4.78 is 0. The summed E-state index contributed by atoms with van der Waals surface area (Å²) >= 11 is 12.6. The first-order chi connectivity index (χ1) is 8.77. The molecule has 0 unspecified atom stereocenters. The molecule has 0 nitrogen and oxygen atoms in total. The van der Waals surface area contributed by atoms with E-state index in [2.05, 4.69) is 18.2 Å². The van der Waals surface area contributed by atoms with Gasteiger partial charge < -0.3 is 0 Å². The molecule has 87 valence electrons. The lowest BCUT2D eigenvalue weighted by molar-refractivity contribution is 1.64. The van der Waals surface area contributed by atoms with Crippen molar-refractivity contribution >= 4 is 34.0 Å². The Morgan fingerprint density at radius 3 is 2.50 bits per heavy atom. The smallest absolute Gasteiger partial charge is 0.0564 e. The van der Waals surface area contributed by atoms with E-state index in [1.54, 1.807) is 6.07 Å². The predicted molar refractivity (Wildman–Crippen MR) is 78.2 cm³/mol. The minimum absolute atomic E-state index is 0.593. The van der Waals surface area contributed by atoms with Crippen LogP contribution in [0.5, 0.6) is 0 Å². The van der Waals surface area contributed by atoms with Gasteiger partial charge in [0.15, 0.2) is 0 Å². The van der Waals surface area contributed by atoms with Crippen LogP contribution in [0.25, 0.3) is 21.9 Å². The molecule has 0 fully saturated rings.